The number of nitrogens with zero attached hydrogens (tertiary/aromatic N) is 6. The Kier molecular flexibility index (Phi) is 6.25. The number of fused-ring (bicyclic) bond motifs is 1. The van der Waals surface area contributed by atoms with E-state index < -0.39 is 5.82 Å². The van der Waals surface area contributed by atoms with E-state index in [1.807, 2.05) is 32.0 Å². The van der Waals surface area contributed by atoms with Gasteiger partial charge in [0.2, 0.25) is 5.95 Å². The van der Waals surface area contributed by atoms with Crippen molar-refractivity contribution < 1.29 is 4.39 Å². The standard InChI is InChI=1S/C16H14FN3O.C5H6N6/c1-3-14-19-13-6-4-5-10(2)15(13)16(21)20(14)12-7-11(17)8-18-9-12;6-1-2-3(7)10-5(9)11-4(2)8/h4-9H,3H2,1-2H3;(H6,7,8,9,10,11). The molecule has 3 heterocycles. The van der Waals surface area contributed by atoms with E-state index in [2.05, 4.69) is 19.9 Å². The lowest BCUT2D eigenvalue weighted by Gasteiger charge is -2.13. The van der Waals surface area contributed by atoms with E-state index in [-0.39, 0.29) is 28.7 Å². The van der Waals surface area contributed by atoms with Gasteiger partial charge in [0.15, 0.2) is 0 Å². The molecule has 1 aromatic carbocycles. The van der Waals surface area contributed by atoms with Crippen molar-refractivity contribution in [1.82, 2.24) is 24.5 Å². The van der Waals surface area contributed by atoms with Gasteiger partial charge in [-0.25, -0.2) is 9.37 Å². The van der Waals surface area contributed by atoms with Gasteiger partial charge in [-0.2, -0.15) is 15.2 Å². The van der Waals surface area contributed by atoms with E-state index in [0.29, 0.717) is 28.8 Å². The topological polar surface area (TPSA) is 175 Å². The quantitative estimate of drug-likeness (QED) is 0.426. The minimum Gasteiger partial charge on any atom is -0.382 e. The number of pyridine rings is 1. The van der Waals surface area contributed by atoms with Crippen LogP contribution in [0.3, 0.4) is 0 Å². The van der Waals surface area contributed by atoms with Crippen LogP contribution >= 0.6 is 0 Å². The molecule has 10 nitrogen and oxygen atoms in total. The third-order valence-corrected chi connectivity index (χ3v) is 4.53. The van der Waals surface area contributed by atoms with Crippen LogP contribution in [0.15, 0.2) is 41.5 Å². The van der Waals surface area contributed by atoms with Crippen molar-refractivity contribution in [3.63, 3.8) is 0 Å². The SMILES string of the molecule is CCc1nc2cccc(C)c2c(=O)n1-c1cncc(F)c1.N#Cc1c(N)nc(N)nc1N. The molecule has 0 unspecified atom stereocenters. The number of nitriles is 1. The van der Waals surface area contributed by atoms with Gasteiger partial charge in [-0.05, 0) is 18.6 Å². The maximum Gasteiger partial charge on any atom is 0.266 e. The molecule has 0 radical (unpaired) electrons. The first-order valence-electron chi connectivity index (χ1n) is 9.47. The molecule has 0 aliphatic heterocycles. The Labute approximate surface area is 182 Å². The van der Waals surface area contributed by atoms with Gasteiger partial charge < -0.3 is 17.2 Å². The fourth-order valence-corrected chi connectivity index (χ4v) is 3.10. The van der Waals surface area contributed by atoms with Crippen molar-refractivity contribution in [2.24, 2.45) is 0 Å². The summed E-state index contributed by atoms with van der Waals surface area (Å²) < 4.78 is 14.9. The van der Waals surface area contributed by atoms with Crippen LogP contribution in [0.4, 0.5) is 22.0 Å². The Bertz CT molecular complexity index is 1390. The Morgan fingerprint density at radius 2 is 1.81 bits per heavy atom. The van der Waals surface area contributed by atoms with E-state index in [9.17, 15) is 9.18 Å². The van der Waals surface area contributed by atoms with Gasteiger partial charge in [-0.3, -0.25) is 14.3 Å². The van der Waals surface area contributed by atoms with Crippen LogP contribution in [0.5, 0.6) is 0 Å². The highest BCUT2D eigenvalue weighted by Gasteiger charge is 2.13. The van der Waals surface area contributed by atoms with Gasteiger partial charge in [0, 0.05) is 12.5 Å². The molecule has 0 bridgehead atoms. The highest BCUT2D eigenvalue weighted by Crippen LogP contribution is 2.16. The molecule has 0 saturated carbocycles. The zero-order chi connectivity index (χ0) is 23.4. The van der Waals surface area contributed by atoms with Gasteiger partial charge in [-0.1, -0.05) is 19.1 Å². The van der Waals surface area contributed by atoms with Crippen molar-refractivity contribution in [2.45, 2.75) is 20.3 Å². The third-order valence-electron chi connectivity index (χ3n) is 4.53. The normalized spacial score (nSPS) is 10.3. The number of anilines is 3. The number of benzene rings is 1. The Balaban J connectivity index is 0.000000222. The molecule has 11 heteroatoms. The second kappa shape index (κ2) is 9.05. The Hall–Kier alpha value is -4.59. The summed E-state index contributed by atoms with van der Waals surface area (Å²) in [7, 11) is 0. The monoisotopic (exact) mass is 433 g/mol. The molecular formula is C21H20FN9O. The first kappa shape index (κ1) is 22.1. The summed E-state index contributed by atoms with van der Waals surface area (Å²) in [4.78, 5) is 28.3. The van der Waals surface area contributed by atoms with E-state index in [1.54, 1.807) is 6.07 Å². The van der Waals surface area contributed by atoms with Gasteiger partial charge in [0.1, 0.15) is 34.9 Å². The van der Waals surface area contributed by atoms with E-state index >= 15 is 0 Å². The summed E-state index contributed by atoms with van der Waals surface area (Å²) in [5, 5.41) is 9.01. The minimum absolute atomic E-state index is 0.0116. The van der Waals surface area contributed by atoms with Crippen LogP contribution < -0.4 is 22.8 Å². The van der Waals surface area contributed by atoms with Crippen LogP contribution in [-0.2, 0) is 6.42 Å². The highest BCUT2D eigenvalue weighted by molar-refractivity contribution is 5.81. The smallest absolute Gasteiger partial charge is 0.266 e. The average Bonchev–Trinajstić information content (AvgIpc) is 2.73. The van der Waals surface area contributed by atoms with Crippen molar-refractivity contribution in [1.29, 1.82) is 5.26 Å². The van der Waals surface area contributed by atoms with E-state index in [0.717, 1.165) is 11.8 Å². The number of aryl methyl sites for hydroxylation is 2. The fourth-order valence-electron chi connectivity index (χ4n) is 3.10. The Morgan fingerprint density at radius 3 is 2.41 bits per heavy atom. The number of hydrogen-bond acceptors (Lipinski definition) is 9. The number of hydrogen-bond donors (Lipinski definition) is 3. The molecule has 32 heavy (non-hydrogen) atoms. The van der Waals surface area contributed by atoms with Crippen molar-refractivity contribution in [3.05, 3.63) is 69.8 Å². The van der Waals surface area contributed by atoms with Crippen LogP contribution in [0.2, 0.25) is 0 Å². The number of nitrogens with two attached hydrogens (primary N) is 3. The summed E-state index contributed by atoms with van der Waals surface area (Å²) >= 11 is 0. The zero-order valence-electron chi connectivity index (χ0n) is 17.4. The number of rotatable bonds is 2. The van der Waals surface area contributed by atoms with Crippen molar-refractivity contribution >= 4 is 28.5 Å². The number of nitrogen functional groups attached to an aromatic ring is 3. The zero-order valence-corrected chi connectivity index (χ0v) is 17.4. The summed E-state index contributed by atoms with van der Waals surface area (Å²) in [6.07, 6.45) is 3.14. The minimum atomic E-state index is -0.480. The highest BCUT2D eigenvalue weighted by atomic mass is 19.1. The molecule has 0 aliphatic rings. The van der Waals surface area contributed by atoms with Crippen LogP contribution in [0, 0.1) is 24.1 Å². The first-order valence-corrected chi connectivity index (χ1v) is 9.47. The molecule has 4 aromatic rings. The largest absolute Gasteiger partial charge is 0.382 e. The summed E-state index contributed by atoms with van der Waals surface area (Å²) in [5.74, 6) is 0.103. The van der Waals surface area contributed by atoms with E-state index in [4.69, 9.17) is 22.5 Å². The van der Waals surface area contributed by atoms with Crippen molar-refractivity contribution in [3.8, 4) is 11.8 Å². The molecule has 0 spiro atoms. The number of halogens is 1. The second-order valence-electron chi connectivity index (χ2n) is 6.69. The summed E-state index contributed by atoms with van der Waals surface area (Å²) in [5.41, 5.74) is 17.6. The van der Waals surface area contributed by atoms with E-state index in [1.165, 1.54) is 16.8 Å². The lowest BCUT2D eigenvalue weighted by atomic mass is 10.1. The third kappa shape index (κ3) is 4.29. The lowest BCUT2D eigenvalue weighted by Crippen LogP contribution is -2.24. The lowest BCUT2D eigenvalue weighted by molar-refractivity contribution is 0.618. The van der Waals surface area contributed by atoms with Gasteiger partial charge in [-0.15, -0.1) is 0 Å². The van der Waals surface area contributed by atoms with Gasteiger partial charge >= 0.3 is 0 Å². The first-order chi connectivity index (χ1) is 15.3. The predicted octanol–water partition coefficient (Wildman–Crippen LogP) is 1.89. The second-order valence-corrected chi connectivity index (χ2v) is 6.69. The summed E-state index contributed by atoms with van der Waals surface area (Å²) in [6.45, 7) is 3.78. The fraction of sp³-hybridized carbons (Fsp3) is 0.143. The maximum atomic E-state index is 13.4. The molecule has 6 N–H and O–H groups in total. The van der Waals surface area contributed by atoms with Gasteiger partial charge in [0.25, 0.3) is 5.56 Å². The number of aromatic nitrogens is 5. The molecule has 0 amide bonds. The molecule has 0 saturated heterocycles. The molecular weight excluding hydrogens is 413 g/mol. The average molecular weight is 433 g/mol. The molecule has 0 fully saturated rings. The molecule has 0 atom stereocenters. The molecule has 4 rings (SSSR count). The maximum absolute atomic E-state index is 13.4. The van der Waals surface area contributed by atoms with Crippen molar-refractivity contribution in [2.75, 3.05) is 17.2 Å². The molecule has 3 aromatic heterocycles. The van der Waals surface area contributed by atoms with Gasteiger partial charge in [0.05, 0.1) is 29.0 Å². The van der Waals surface area contributed by atoms with Crippen LogP contribution in [-0.4, -0.2) is 24.5 Å². The Morgan fingerprint density at radius 1 is 1.12 bits per heavy atom. The molecule has 0 aliphatic carbocycles. The predicted molar refractivity (Wildman–Crippen MR) is 119 cm³/mol. The van der Waals surface area contributed by atoms with Crippen LogP contribution in [0.1, 0.15) is 23.9 Å². The van der Waals surface area contributed by atoms with Crippen LogP contribution in [0.25, 0.3) is 16.6 Å². The summed E-state index contributed by atoms with van der Waals surface area (Å²) in [6, 6.07) is 8.61. The molecule has 162 valence electrons.